The first-order valence-corrected chi connectivity index (χ1v) is 9.66. The smallest absolute Gasteiger partial charge is 0.263 e. The molecule has 5 nitrogen and oxygen atoms in total. The lowest BCUT2D eigenvalue weighted by atomic mass is 10.2. The quantitative estimate of drug-likeness (QED) is 0.393. The minimum Gasteiger partial charge on any atom is -0.491 e. The summed E-state index contributed by atoms with van der Waals surface area (Å²) in [7, 11) is 0. The van der Waals surface area contributed by atoms with Crippen molar-refractivity contribution in [3.05, 3.63) is 65.1 Å². The van der Waals surface area contributed by atoms with Crippen LogP contribution in [0.4, 0.5) is 0 Å². The van der Waals surface area contributed by atoms with Gasteiger partial charge in [-0.05, 0) is 35.9 Å². The third kappa shape index (κ3) is 6.39. The summed E-state index contributed by atoms with van der Waals surface area (Å²) in [4.78, 5) is 12.3. The van der Waals surface area contributed by atoms with E-state index in [-0.39, 0.29) is 5.91 Å². The second kappa shape index (κ2) is 10.1. The molecule has 2 aromatic carbocycles. The number of benzene rings is 2. The van der Waals surface area contributed by atoms with Crippen LogP contribution >= 0.6 is 24.0 Å². The predicted octanol–water partition coefficient (Wildman–Crippen LogP) is 3.65. The highest BCUT2D eigenvalue weighted by molar-refractivity contribution is 8.26. The molecule has 0 radical (unpaired) electrons. The SMILES string of the molecule is O=C1NC(=S)S/C1=C/c1cccc(OCCOCCOc2ccccc2)c1. The van der Waals surface area contributed by atoms with E-state index in [1.807, 2.05) is 54.6 Å². The summed E-state index contributed by atoms with van der Waals surface area (Å²) >= 11 is 6.25. The molecule has 2 aromatic rings. The number of nitrogens with one attached hydrogen (secondary N) is 1. The molecule has 0 atom stereocenters. The maximum absolute atomic E-state index is 11.7. The second-order valence-electron chi connectivity index (χ2n) is 5.55. The zero-order valence-corrected chi connectivity index (χ0v) is 16.2. The maximum atomic E-state index is 11.7. The van der Waals surface area contributed by atoms with Crippen molar-refractivity contribution in [3.63, 3.8) is 0 Å². The molecule has 1 aliphatic rings. The van der Waals surface area contributed by atoms with Gasteiger partial charge in [-0.1, -0.05) is 54.3 Å². The molecule has 140 valence electrons. The van der Waals surface area contributed by atoms with Gasteiger partial charge in [0.25, 0.3) is 5.91 Å². The Bertz CT molecular complexity index is 824. The zero-order valence-electron chi connectivity index (χ0n) is 14.6. The number of hydrogen-bond donors (Lipinski definition) is 1. The Balaban J connectivity index is 1.37. The summed E-state index contributed by atoms with van der Waals surface area (Å²) in [5, 5.41) is 2.60. The first-order chi connectivity index (χ1) is 13.2. The third-order valence-electron chi connectivity index (χ3n) is 3.53. The molecule has 0 unspecified atom stereocenters. The van der Waals surface area contributed by atoms with E-state index in [1.165, 1.54) is 11.8 Å². The lowest BCUT2D eigenvalue weighted by molar-refractivity contribution is -0.115. The summed E-state index contributed by atoms with van der Waals surface area (Å²) in [5.74, 6) is 1.39. The van der Waals surface area contributed by atoms with Gasteiger partial charge in [-0.2, -0.15) is 0 Å². The number of rotatable bonds is 9. The van der Waals surface area contributed by atoms with Crippen molar-refractivity contribution >= 4 is 40.3 Å². The first-order valence-electron chi connectivity index (χ1n) is 8.44. The fourth-order valence-corrected chi connectivity index (χ4v) is 3.37. The Hall–Kier alpha value is -2.35. The number of thioether (sulfide) groups is 1. The molecule has 1 amide bonds. The highest BCUT2D eigenvalue weighted by atomic mass is 32.2. The topological polar surface area (TPSA) is 56.8 Å². The van der Waals surface area contributed by atoms with Crippen LogP contribution in [-0.2, 0) is 9.53 Å². The number of ether oxygens (including phenoxy) is 3. The van der Waals surface area contributed by atoms with Crippen LogP contribution in [0.1, 0.15) is 5.56 Å². The standard InChI is InChI=1S/C20H19NO4S2/c22-19-18(27-20(26)21-19)14-15-5-4-8-17(13-15)25-12-10-23-9-11-24-16-6-2-1-3-7-16/h1-8,13-14H,9-12H2,(H,21,22,26)/b18-14+. The molecular weight excluding hydrogens is 382 g/mol. The molecular formula is C20H19NO4S2. The van der Waals surface area contributed by atoms with Gasteiger partial charge >= 0.3 is 0 Å². The number of thiocarbonyl (C=S) groups is 1. The molecule has 27 heavy (non-hydrogen) atoms. The van der Waals surface area contributed by atoms with Crippen LogP contribution in [0.2, 0.25) is 0 Å². The number of hydrogen-bond acceptors (Lipinski definition) is 6. The number of carbonyl (C=O) groups excluding carboxylic acids is 1. The van der Waals surface area contributed by atoms with Crippen molar-refractivity contribution in [1.29, 1.82) is 0 Å². The maximum Gasteiger partial charge on any atom is 0.263 e. The Morgan fingerprint density at radius 3 is 2.33 bits per heavy atom. The Morgan fingerprint density at radius 1 is 0.926 bits per heavy atom. The number of amides is 1. The van der Waals surface area contributed by atoms with E-state index < -0.39 is 0 Å². The van der Waals surface area contributed by atoms with Gasteiger partial charge in [0.1, 0.15) is 29.0 Å². The van der Waals surface area contributed by atoms with Crippen molar-refractivity contribution in [1.82, 2.24) is 5.32 Å². The van der Waals surface area contributed by atoms with Gasteiger partial charge in [-0.3, -0.25) is 4.79 Å². The van der Waals surface area contributed by atoms with E-state index in [2.05, 4.69) is 5.32 Å². The van der Waals surface area contributed by atoms with Crippen molar-refractivity contribution in [3.8, 4) is 11.5 Å². The molecule has 1 aliphatic heterocycles. The molecule has 0 aromatic heterocycles. The van der Waals surface area contributed by atoms with Crippen molar-refractivity contribution in [2.75, 3.05) is 26.4 Å². The molecule has 0 spiro atoms. The molecule has 1 fully saturated rings. The van der Waals surface area contributed by atoms with Crippen molar-refractivity contribution < 1.29 is 19.0 Å². The number of para-hydroxylation sites is 1. The van der Waals surface area contributed by atoms with Crippen LogP contribution in [0.5, 0.6) is 11.5 Å². The molecule has 1 saturated heterocycles. The minimum absolute atomic E-state index is 0.164. The third-order valence-corrected chi connectivity index (χ3v) is 4.70. The summed E-state index contributed by atoms with van der Waals surface area (Å²) in [5.41, 5.74) is 0.882. The van der Waals surface area contributed by atoms with Crippen LogP contribution in [0, 0.1) is 0 Å². The fraction of sp³-hybridized carbons (Fsp3) is 0.200. The van der Waals surface area contributed by atoms with Gasteiger partial charge in [0.15, 0.2) is 0 Å². The van der Waals surface area contributed by atoms with Crippen molar-refractivity contribution in [2.45, 2.75) is 0 Å². The average molecular weight is 402 g/mol. The van der Waals surface area contributed by atoms with E-state index >= 15 is 0 Å². The normalized spacial score (nSPS) is 15.0. The van der Waals surface area contributed by atoms with Crippen LogP contribution in [0.25, 0.3) is 6.08 Å². The van der Waals surface area contributed by atoms with Crippen LogP contribution < -0.4 is 14.8 Å². The fourth-order valence-electron chi connectivity index (χ4n) is 2.32. The molecule has 0 saturated carbocycles. The van der Waals surface area contributed by atoms with E-state index in [1.54, 1.807) is 6.08 Å². The zero-order chi connectivity index (χ0) is 18.9. The van der Waals surface area contributed by atoms with Gasteiger partial charge in [0.05, 0.1) is 18.1 Å². The molecule has 0 aliphatic carbocycles. The highest BCUT2D eigenvalue weighted by Gasteiger charge is 2.21. The van der Waals surface area contributed by atoms with Gasteiger partial charge < -0.3 is 19.5 Å². The first kappa shape index (κ1) is 19.4. The monoisotopic (exact) mass is 401 g/mol. The van der Waals surface area contributed by atoms with E-state index in [9.17, 15) is 4.79 Å². The summed E-state index contributed by atoms with van der Waals surface area (Å²) in [6, 6.07) is 17.2. The van der Waals surface area contributed by atoms with Crippen molar-refractivity contribution in [2.24, 2.45) is 0 Å². The van der Waals surface area contributed by atoms with E-state index in [4.69, 9.17) is 26.4 Å². The molecule has 0 bridgehead atoms. The van der Waals surface area contributed by atoms with Crippen LogP contribution in [-0.4, -0.2) is 36.7 Å². The van der Waals surface area contributed by atoms with Gasteiger partial charge in [0.2, 0.25) is 0 Å². The lowest BCUT2D eigenvalue weighted by Gasteiger charge is -2.09. The van der Waals surface area contributed by atoms with Crippen LogP contribution in [0.3, 0.4) is 0 Å². The summed E-state index contributed by atoms with van der Waals surface area (Å²) in [6.07, 6.45) is 1.80. The van der Waals surface area contributed by atoms with E-state index in [0.717, 1.165) is 17.1 Å². The largest absolute Gasteiger partial charge is 0.491 e. The lowest BCUT2D eigenvalue weighted by Crippen LogP contribution is -2.17. The van der Waals surface area contributed by atoms with Gasteiger partial charge in [-0.25, -0.2) is 0 Å². The van der Waals surface area contributed by atoms with Gasteiger partial charge in [0, 0.05) is 0 Å². The minimum atomic E-state index is -0.164. The molecule has 3 rings (SSSR count). The molecule has 1 N–H and O–H groups in total. The van der Waals surface area contributed by atoms with Gasteiger partial charge in [-0.15, -0.1) is 0 Å². The second-order valence-corrected chi connectivity index (χ2v) is 7.27. The molecule has 7 heteroatoms. The number of carbonyl (C=O) groups is 1. The summed E-state index contributed by atoms with van der Waals surface area (Å²) < 4.78 is 17.2. The Labute approximate surface area is 167 Å². The highest BCUT2D eigenvalue weighted by Crippen LogP contribution is 2.26. The summed E-state index contributed by atoms with van der Waals surface area (Å²) in [6.45, 7) is 1.89. The van der Waals surface area contributed by atoms with Crippen LogP contribution in [0.15, 0.2) is 59.5 Å². The average Bonchev–Trinajstić information content (AvgIpc) is 2.99. The predicted molar refractivity (Wildman–Crippen MR) is 111 cm³/mol. The Kier molecular flexibility index (Phi) is 7.27. The van der Waals surface area contributed by atoms with E-state index in [0.29, 0.717) is 35.7 Å². The Morgan fingerprint density at radius 2 is 1.63 bits per heavy atom. The molecule has 1 heterocycles.